The van der Waals surface area contributed by atoms with Crippen LogP contribution in [0, 0.1) is 11.8 Å². The summed E-state index contributed by atoms with van der Waals surface area (Å²) in [6.45, 7) is -2.86. The quantitative estimate of drug-likeness (QED) is 0.440. The van der Waals surface area contributed by atoms with E-state index >= 15 is 0 Å². The summed E-state index contributed by atoms with van der Waals surface area (Å²) in [5.74, 6) is -1.31. The Morgan fingerprint density at radius 3 is 2.35 bits per heavy atom. The van der Waals surface area contributed by atoms with Gasteiger partial charge in [0.1, 0.15) is 6.61 Å². The van der Waals surface area contributed by atoms with Crippen LogP contribution < -0.4 is 26.0 Å². The fraction of sp³-hybridized carbons (Fsp3) is 0.609. The lowest BCUT2D eigenvalue weighted by Gasteiger charge is -2.44. The lowest BCUT2D eigenvalue weighted by atomic mass is 9.68. The van der Waals surface area contributed by atoms with Crippen LogP contribution in [0.5, 0.6) is 5.75 Å². The van der Waals surface area contributed by atoms with Crippen molar-refractivity contribution in [2.45, 2.75) is 57.2 Å². The van der Waals surface area contributed by atoms with Gasteiger partial charge in [0.2, 0.25) is 5.91 Å². The third-order valence-corrected chi connectivity index (χ3v) is 6.94. The van der Waals surface area contributed by atoms with Crippen molar-refractivity contribution in [1.29, 1.82) is 0 Å². The zero-order valence-electron chi connectivity index (χ0n) is 18.8. The number of carbonyl (C=O) groups excluding carboxylic acids is 3. The number of nitrogens with two attached hydrogens (primary N) is 1. The minimum atomic E-state index is -3.13. The van der Waals surface area contributed by atoms with Gasteiger partial charge in [-0.1, -0.05) is 12.8 Å². The molecule has 34 heavy (non-hydrogen) atoms. The van der Waals surface area contributed by atoms with E-state index < -0.39 is 30.4 Å². The first kappa shape index (κ1) is 24.3. The standard InChI is InChI=1S/C23H30F2N4O5/c24-23(25)34-17-11-15(7-8-16(17)29-9-10-33-12-18(29)30)27-22(32)20(21(26)31)28-19(13-3-1-4-13)14-5-2-6-14/h7-8,11,13-14,19-20,23,28H,1-6,9-10,12H2,(H2,26,31)(H,27,32)/t20-/m1/s1. The summed E-state index contributed by atoms with van der Waals surface area (Å²) in [7, 11) is 0. The topological polar surface area (TPSA) is 123 Å². The number of ether oxygens (including phenoxy) is 2. The third-order valence-electron chi connectivity index (χ3n) is 6.94. The van der Waals surface area contributed by atoms with E-state index in [9.17, 15) is 23.2 Å². The van der Waals surface area contributed by atoms with Gasteiger partial charge in [-0.2, -0.15) is 8.78 Å². The molecule has 1 heterocycles. The van der Waals surface area contributed by atoms with Crippen LogP contribution in [-0.4, -0.2) is 56.2 Å². The van der Waals surface area contributed by atoms with Crippen LogP contribution in [0.15, 0.2) is 18.2 Å². The molecular formula is C23H30F2N4O5. The fourth-order valence-electron chi connectivity index (χ4n) is 4.73. The molecule has 3 amide bonds. The summed E-state index contributed by atoms with van der Waals surface area (Å²) < 4.78 is 35.8. The summed E-state index contributed by atoms with van der Waals surface area (Å²) in [4.78, 5) is 38.6. The molecule has 2 saturated carbocycles. The van der Waals surface area contributed by atoms with Gasteiger partial charge in [0, 0.05) is 24.3 Å². The van der Waals surface area contributed by atoms with Crippen LogP contribution in [0.1, 0.15) is 38.5 Å². The molecule has 1 aromatic carbocycles. The van der Waals surface area contributed by atoms with E-state index in [-0.39, 0.29) is 42.9 Å². The van der Waals surface area contributed by atoms with E-state index in [1.165, 1.54) is 23.1 Å². The van der Waals surface area contributed by atoms with E-state index in [1.54, 1.807) is 0 Å². The second kappa shape index (κ2) is 10.6. The molecule has 1 aromatic rings. The van der Waals surface area contributed by atoms with Crippen LogP contribution >= 0.6 is 0 Å². The van der Waals surface area contributed by atoms with Gasteiger partial charge >= 0.3 is 6.61 Å². The predicted molar refractivity (Wildman–Crippen MR) is 119 cm³/mol. The number of anilines is 2. The largest absolute Gasteiger partial charge is 0.433 e. The van der Waals surface area contributed by atoms with E-state index in [0.717, 1.165) is 38.5 Å². The number of morpholine rings is 1. The van der Waals surface area contributed by atoms with Gasteiger partial charge in [-0.15, -0.1) is 0 Å². The zero-order valence-corrected chi connectivity index (χ0v) is 18.8. The molecule has 0 radical (unpaired) electrons. The molecule has 3 fully saturated rings. The summed E-state index contributed by atoms with van der Waals surface area (Å²) in [6.07, 6.45) is 6.48. The Balaban J connectivity index is 1.50. The monoisotopic (exact) mass is 480 g/mol. The van der Waals surface area contributed by atoms with E-state index in [1.807, 2.05) is 0 Å². The maximum atomic E-state index is 13.1. The molecule has 3 aliphatic rings. The van der Waals surface area contributed by atoms with E-state index in [0.29, 0.717) is 11.8 Å². The average Bonchev–Trinajstić information content (AvgIpc) is 2.69. The van der Waals surface area contributed by atoms with Crippen molar-refractivity contribution in [3.63, 3.8) is 0 Å². The first-order valence-electron chi connectivity index (χ1n) is 11.7. The Hall–Kier alpha value is -2.79. The van der Waals surface area contributed by atoms with Gasteiger partial charge in [0.15, 0.2) is 11.8 Å². The third kappa shape index (κ3) is 5.47. The van der Waals surface area contributed by atoms with Crippen LogP contribution in [0.4, 0.5) is 20.2 Å². The molecule has 4 rings (SSSR count). The highest BCUT2D eigenvalue weighted by Gasteiger charge is 2.39. The highest BCUT2D eigenvalue weighted by atomic mass is 19.3. The molecule has 0 aromatic heterocycles. The molecule has 1 atom stereocenters. The highest BCUT2D eigenvalue weighted by molar-refractivity contribution is 6.09. The van der Waals surface area contributed by atoms with Gasteiger partial charge < -0.3 is 25.4 Å². The molecular weight excluding hydrogens is 450 g/mol. The second-order valence-corrected chi connectivity index (χ2v) is 9.06. The van der Waals surface area contributed by atoms with Gasteiger partial charge in [-0.25, -0.2) is 0 Å². The van der Waals surface area contributed by atoms with Crippen LogP contribution in [-0.2, 0) is 19.1 Å². The number of rotatable bonds is 10. The lowest BCUT2D eigenvalue weighted by molar-refractivity contribution is -0.129. The SMILES string of the molecule is NC(=O)[C@@H](NC(C1CCC1)C1CCC1)C(=O)Nc1ccc(N2CCOCC2=O)c(OC(F)F)c1. The molecule has 2 aliphatic carbocycles. The number of halogens is 2. The number of alkyl halides is 2. The number of carbonyl (C=O) groups is 3. The van der Waals surface area contributed by atoms with Gasteiger partial charge in [0.25, 0.3) is 11.8 Å². The first-order valence-corrected chi connectivity index (χ1v) is 11.7. The van der Waals surface area contributed by atoms with Crippen molar-refractivity contribution in [3.8, 4) is 5.75 Å². The van der Waals surface area contributed by atoms with Crippen molar-refractivity contribution in [2.75, 3.05) is 30.0 Å². The minimum absolute atomic E-state index is 0.0400. The van der Waals surface area contributed by atoms with Crippen molar-refractivity contribution in [3.05, 3.63) is 18.2 Å². The van der Waals surface area contributed by atoms with Gasteiger partial charge in [-0.3, -0.25) is 19.7 Å². The Morgan fingerprint density at radius 1 is 1.15 bits per heavy atom. The first-order chi connectivity index (χ1) is 16.3. The number of nitrogens with zero attached hydrogens (tertiary/aromatic N) is 1. The van der Waals surface area contributed by atoms with Crippen molar-refractivity contribution in [1.82, 2.24) is 5.32 Å². The smallest absolute Gasteiger partial charge is 0.387 e. The number of benzene rings is 1. The van der Waals surface area contributed by atoms with Gasteiger partial charge in [0.05, 0.1) is 12.3 Å². The lowest BCUT2D eigenvalue weighted by Crippen LogP contribution is -2.58. The van der Waals surface area contributed by atoms with Crippen LogP contribution in [0.3, 0.4) is 0 Å². The minimum Gasteiger partial charge on any atom is -0.433 e. The maximum absolute atomic E-state index is 13.1. The average molecular weight is 481 g/mol. The molecule has 0 unspecified atom stereocenters. The van der Waals surface area contributed by atoms with Crippen molar-refractivity contribution in [2.24, 2.45) is 17.6 Å². The van der Waals surface area contributed by atoms with Crippen molar-refractivity contribution < 1.29 is 32.6 Å². The molecule has 1 saturated heterocycles. The summed E-state index contributed by atoms with van der Waals surface area (Å²) >= 11 is 0. The number of amides is 3. The predicted octanol–water partition coefficient (Wildman–Crippen LogP) is 2.00. The van der Waals surface area contributed by atoms with E-state index in [4.69, 9.17) is 10.5 Å². The van der Waals surface area contributed by atoms with Crippen molar-refractivity contribution >= 4 is 29.1 Å². The molecule has 186 valence electrons. The van der Waals surface area contributed by atoms with E-state index in [2.05, 4.69) is 15.4 Å². The maximum Gasteiger partial charge on any atom is 0.387 e. The highest BCUT2D eigenvalue weighted by Crippen LogP contribution is 2.40. The molecule has 1 aliphatic heterocycles. The van der Waals surface area contributed by atoms with Gasteiger partial charge in [-0.05, 0) is 49.7 Å². The van der Waals surface area contributed by atoms with Crippen LogP contribution in [0.25, 0.3) is 0 Å². The molecule has 9 nitrogen and oxygen atoms in total. The molecule has 11 heteroatoms. The summed E-state index contributed by atoms with van der Waals surface area (Å²) in [5.41, 5.74) is 5.83. The number of primary amides is 1. The normalized spacial score (nSPS) is 20.1. The Labute approximate surface area is 196 Å². The Morgan fingerprint density at radius 2 is 1.82 bits per heavy atom. The number of hydrogen-bond donors (Lipinski definition) is 3. The zero-order chi connectivity index (χ0) is 24.2. The second-order valence-electron chi connectivity index (χ2n) is 9.06. The fourth-order valence-corrected chi connectivity index (χ4v) is 4.73. The molecule has 4 N–H and O–H groups in total. The number of hydrogen-bond acceptors (Lipinski definition) is 6. The summed E-state index contributed by atoms with van der Waals surface area (Å²) in [5, 5.41) is 5.77. The molecule has 0 bridgehead atoms. The Kier molecular flexibility index (Phi) is 7.62. The summed E-state index contributed by atoms with van der Waals surface area (Å²) in [6, 6.07) is 2.86. The van der Waals surface area contributed by atoms with Crippen LogP contribution in [0.2, 0.25) is 0 Å². The molecule has 0 spiro atoms. The Bertz CT molecular complexity index is 909. The number of nitrogens with one attached hydrogen (secondary N) is 2.